The maximum atomic E-state index is 11.4. The molecular weight excluding hydrogens is 165 g/mol. The zero-order chi connectivity index (χ0) is 8.74. The minimum Gasteiger partial charge on any atom is -0.375 e. The zero-order valence-electron chi connectivity index (χ0n) is 6.74. The smallest absolute Gasteiger partial charge is 0.241 e. The first kappa shape index (κ1) is 10.6. The molecule has 0 aromatic carbocycles. The molecule has 0 fully saturated rings. The number of hydrogen-bond acceptors (Lipinski definition) is 4. The Labute approximate surface area is 66.6 Å². The summed E-state index contributed by atoms with van der Waals surface area (Å²) in [7, 11) is -1.37. The van der Waals surface area contributed by atoms with Crippen LogP contribution in [0.2, 0.25) is 0 Å². The van der Waals surface area contributed by atoms with E-state index in [0.29, 0.717) is 6.61 Å². The Morgan fingerprint density at radius 3 is 2.64 bits per heavy atom. The third-order valence-corrected chi connectivity index (χ3v) is 3.01. The molecule has 0 spiro atoms. The van der Waals surface area contributed by atoms with Crippen molar-refractivity contribution in [1.29, 1.82) is 5.26 Å². The maximum absolute atomic E-state index is 11.4. The Balaban J connectivity index is 4.04. The molecule has 0 aliphatic heterocycles. The van der Waals surface area contributed by atoms with Crippen molar-refractivity contribution in [2.45, 2.75) is 6.92 Å². The van der Waals surface area contributed by atoms with Crippen molar-refractivity contribution in [3.05, 3.63) is 0 Å². The van der Waals surface area contributed by atoms with Crippen LogP contribution in [0.3, 0.4) is 0 Å². The van der Waals surface area contributed by atoms with E-state index in [4.69, 9.17) is 9.79 Å². The topological polar surface area (TPSA) is 59.3 Å². The number of rotatable bonds is 5. The van der Waals surface area contributed by atoms with Gasteiger partial charge in [-0.1, -0.05) is 0 Å². The molecule has 64 valence electrons. The molecule has 0 bridgehead atoms. The van der Waals surface area contributed by atoms with Crippen LogP contribution in [-0.2, 0) is 13.8 Å². The molecule has 0 amide bonds. The van der Waals surface area contributed by atoms with Crippen molar-refractivity contribution in [2.24, 2.45) is 0 Å². The molecule has 0 saturated carbocycles. The third kappa shape index (κ3) is 4.15. The highest BCUT2D eigenvalue weighted by molar-refractivity contribution is 7.59. The summed E-state index contributed by atoms with van der Waals surface area (Å²) in [5.74, 6) is 0. The quantitative estimate of drug-likeness (QED) is 0.596. The van der Waals surface area contributed by atoms with Gasteiger partial charge in [-0.2, -0.15) is 5.26 Å². The van der Waals surface area contributed by atoms with Gasteiger partial charge in [0.05, 0.1) is 12.7 Å². The van der Waals surface area contributed by atoms with Gasteiger partial charge in [-0.15, -0.1) is 0 Å². The standard InChI is InChI=1S/C6H12NO3P/c1-3-10-11(8,5-4-7)6-9-2/h3,5-6H2,1-2H3. The van der Waals surface area contributed by atoms with Crippen LogP contribution in [0.4, 0.5) is 0 Å². The predicted molar refractivity (Wildman–Crippen MR) is 41.6 cm³/mol. The first-order valence-corrected chi connectivity index (χ1v) is 5.26. The monoisotopic (exact) mass is 177 g/mol. The molecule has 0 rings (SSSR count). The molecule has 1 unspecified atom stereocenters. The van der Waals surface area contributed by atoms with E-state index in [0.717, 1.165) is 0 Å². The van der Waals surface area contributed by atoms with Crippen molar-refractivity contribution in [1.82, 2.24) is 0 Å². The van der Waals surface area contributed by atoms with Gasteiger partial charge in [-0.05, 0) is 6.92 Å². The lowest BCUT2D eigenvalue weighted by molar-refractivity contribution is 0.223. The first-order valence-electron chi connectivity index (χ1n) is 3.27. The van der Waals surface area contributed by atoms with E-state index in [1.165, 1.54) is 7.11 Å². The highest BCUT2D eigenvalue weighted by Crippen LogP contribution is 2.45. The first-order chi connectivity index (χ1) is 5.18. The van der Waals surface area contributed by atoms with Gasteiger partial charge in [0.2, 0.25) is 7.37 Å². The van der Waals surface area contributed by atoms with Gasteiger partial charge in [0.25, 0.3) is 0 Å². The fourth-order valence-electron chi connectivity index (χ4n) is 0.668. The fourth-order valence-corrected chi connectivity index (χ4v) is 2.00. The Morgan fingerprint density at radius 2 is 2.27 bits per heavy atom. The summed E-state index contributed by atoms with van der Waals surface area (Å²) in [4.78, 5) is 0. The molecule has 0 aliphatic carbocycles. The lowest BCUT2D eigenvalue weighted by Gasteiger charge is -2.12. The van der Waals surface area contributed by atoms with Crippen LogP contribution >= 0.6 is 7.37 Å². The minimum absolute atomic E-state index is 0.0222. The lowest BCUT2D eigenvalue weighted by atomic mass is 10.9. The number of nitriles is 1. The molecule has 5 heteroatoms. The number of nitrogens with zero attached hydrogens (tertiary/aromatic N) is 1. The van der Waals surface area contributed by atoms with Crippen molar-refractivity contribution in [2.75, 3.05) is 26.2 Å². The predicted octanol–water partition coefficient (Wildman–Crippen LogP) is 1.43. The third-order valence-electron chi connectivity index (χ3n) is 1.00. The molecular formula is C6H12NO3P. The summed E-state index contributed by atoms with van der Waals surface area (Å²) >= 11 is 0. The van der Waals surface area contributed by atoms with E-state index < -0.39 is 7.37 Å². The van der Waals surface area contributed by atoms with Gasteiger partial charge >= 0.3 is 0 Å². The summed E-state index contributed by atoms with van der Waals surface area (Å²) in [6.07, 6.45) is -0.0525. The van der Waals surface area contributed by atoms with Crippen molar-refractivity contribution < 1.29 is 13.8 Å². The van der Waals surface area contributed by atoms with Gasteiger partial charge < -0.3 is 9.26 Å². The molecule has 0 saturated heterocycles. The van der Waals surface area contributed by atoms with Crippen LogP contribution < -0.4 is 0 Å². The maximum Gasteiger partial charge on any atom is 0.241 e. The second-order valence-electron chi connectivity index (χ2n) is 1.97. The van der Waals surface area contributed by atoms with E-state index in [2.05, 4.69) is 4.74 Å². The SMILES string of the molecule is CCOP(=O)(CC#N)COC. The molecule has 0 radical (unpaired) electrons. The highest BCUT2D eigenvalue weighted by atomic mass is 31.2. The average Bonchev–Trinajstić information content (AvgIpc) is 1.88. The Bertz CT molecular complexity index is 177. The van der Waals surface area contributed by atoms with Crippen LogP contribution in [0.5, 0.6) is 0 Å². The van der Waals surface area contributed by atoms with E-state index in [1.54, 1.807) is 6.92 Å². The Hall–Kier alpha value is -0.360. The summed E-state index contributed by atoms with van der Waals surface area (Å²) in [6.45, 7) is 2.09. The van der Waals surface area contributed by atoms with Crippen LogP contribution in [0.1, 0.15) is 6.92 Å². The van der Waals surface area contributed by atoms with E-state index in [1.807, 2.05) is 6.07 Å². The van der Waals surface area contributed by atoms with Crippen molar-refractivity contribution in [3.63, 3.8) is 0 Å². The molecule has 0 aromatic heterocycles. The molecule has 1 atom stereocenters. The molecule has 11 heavy (non-hydrogen) atoms. The molecule has 0 aromatic rings. The molecule has 0 heterocycles. The average molecular weight is 177 g/mol. The van der Waals surface area contributed by atoms with Gasteiger partial charge in [0, 0.05) is 7.11 Å². The Morgan fingerprint density at radius 1 is 1.64 bits per heavy atom. The second kappa shape index (κ2) is 5.31. The zero-order valence-corrected chi connectivity index (χ0v) is 7.63. The summed E-state index contributed by atoms with van der Waals surface area (Å²) in [6, 6.07) is 1.81. The molecule has 0 N–H and O–H groups in total. The molecule has 4 nitrogen and oxygen atoms in total. The molecule has 0 aliphatic rings. The number of ether oxygens (including phenoxy) is 1. The van der Waals surface area contributed by atoms with Gasteiger partial charge in [-0.3, -0.25) is 4.57 Å². The van der Waals surface area contributed by atoms with Crippen LogP contribution in [0.15, 0.2) is 0 Å². The van der Waals surface area contributed by atoms with Crippen LogP contribution in [-0.4, -0.2) is 26.2 Å². The van der Waals surface area contributed by atoms with Crippen molar-refractivity contribution >= 4 is 7.37 Å². The number of hydrogen-bond donors (Lipinski definition) is 0. The van der Waals surface area contributed by atoms with Gasteiger partial charge in [-0.25, -0.2) is 0 Å². The largest absolute Gasteiger partial charge is 0.375 e. The fraction of sp³-hybridized carbons (Fsp3) is 0.833. The summed E-state index contributed by atoms with van der Waals surface area (Å²) < 4.78 is 21.0. The highest BCUT2D eigenvalue weighted by Gasteiger charge is 2.21. The lowest BCUT2D eigenvalue weighted by Crippen LogP contribution is -2.00. The summed E-state index contributed by atoms with van der Waals surface area (Å²) in [5.41, 5.74) is 0. The minimum atomic E-state index is -2.80. The van der Waals surface area contributed by atoms with E-state index in [9.17, 15) is 4.57 Å². The Kier molecular flexibility index (Phi) is 5.14. The van der Waals surface area contributed by atoms with Gasteiger partial charge in [0.15, 0.2) is 0 Å². The van der Waals surface area contributed by atoms with E-state index in [-0.39, 0.29) is 12.5 Å². The van der Waals surface area contributed by atoms with Crippen LogP contribution in [0, 0.1) is 11.3 Å². The van der Waals surface area contributed by atoms with Crippen molar-refractivity contribution in [3.8, 4) is 6.07 Å². The van der Waals surface area contributed by atoms with E-state index >= 15 is 0 Å². The summed E-state index contributed by atoms with van der Waals surface area (Å²) in [5, 5.41) is 8.30. The normalized spacial score (nSPS) is 15.4. The number of methoxy groups -OCH3 is 1. The van der Waals surface area contributed by atoms with Crippen LogP contribution in [0.25, 0.3) is 0 Å². The van der Waals surface area contributed by atoms with Gasteiger partial charge in [0.1, 0.15) is 12.5 Å². The second-order valence-corrected chi connectivity index (χ2v) is 4.43.